The van der Waals surface area contributed by atoms with Crippen molar-refractivity contribution in [1.82, 2.24) is 24.1 Å². The minimum absolute atomic E-state index is 0.0372. The second kappa shape index (κ2) is 13.0. The summed E-state index contributed by atoms with van der Waals surface area (Å²) in [6, 6.07) is 11.6. The van der Waals surface area contributed by atoms with Gasteiger partial charge in [0.1, 0.15) is 22.7 Å². The highest BCUT2D eigenvalue weighted by Gasteiger charge is 2.27. The summed E-state index contributed by atoms with van der Waals surface area (Å²) in [6.45, 7) is 2.52. The number of carbonyl (C=O) groups excluding carboxylic acids is 2. The van der Waals surface area contributed by atoms with Crippen LogP contribution in [0.25, 0.3) is 27.7 Å². The van der Waals surface area contributed by atoms with Gasteiger partial charge in [0.25, 0.3) is 11.5 Å². The summed E-state index contributed by atoms with van der Waals surface area (Å²) in [5, 5.41) is 11.8. The van der Waals surface area contributed by atoms with Gasteiger partial charge < -0.3 is 19.5 Å². The Labute approximate surface area is 291 Å². The van der Waals surface area contributed by atoms with Crippen molar-refractivity contribution >= 4 is 28.6 Å². The molecule has 3 aromatic heterocycles. The molecule has 266 valence electrons. The maximum atomic E-state index is 15.7. The molecule has 0 saturated carbocycles. The third-order valence-electron chi connectivity index (χ3n) is 8.01. The summed E-state index contributed by atoms with van der Waals surface area (Å²) >= 11 is 0. The highest BCUT2D eigenvalue weighted by Crippen LogP contribution is 2.43. The van der Waals surface area contributed by atoms with Crippen molar-refractivity contribution in [2.45, 2.75) is 45.9 Å². The summed E-state index contributed by atoms with van der Waals surface area (Å²) in [4.78, 5) is 39.3. The molecule has 0 bridgehead atoms. The van der Waals surface area contributed by atoms with Crippen LogP contribution in [0.2, 0.25) is 0 Å². The standard InChI is InChI=1S/C36H28F4N6O6/c1-36(2,3)52-35(49)45-18-20(17-42-45)30-24-12-13-44-31(24)19(16-41-44)14-28(30)50-27-10-6-22(15-26(27)38)43-32(47)25-9-11-29(51-34(39)40)46(33(25)48)23-7-4-21(37)5-8-23/h4-11,14-18,34H,12-13H2,1-3H3,(H,43,47). The number of nitrogens with one attached hydrogen (secondary N) is 1. The van der Waals surface area contributed by atoms with E-state index in [0.29, 0.717) is 28.7 Å². The molecular weight excluding hydrogens is 688 g/mol. The number of pyridine rings is 1. The number of halogens is 4. The maximum absolute atomic E-state index is 15.7. The van der Waals surface area contributed by atoms with Gasteiger partial charge in [-0.2, -0.15) is 23.7 Å². The third kappa shape index (κ3) is 6.57. The van der Waals surface area contributed by atoms with E-state index in [0.717, 1.165) is 63.6 Å². The molecule has 0 unspecified atom stereocenters. The quantitative estimate of drug-likeness (QED) is 0.162. The van der Waals surface area contributed by atoms with Gasteiger partial charge in [-0.05, 0) is 81.3 Å². The molecule has 0 spiro atoms. The lowest BCUT2D eigenvalue weighted by Crippen LogP contribution is -2.29. The largest absolute Gasteiger partial charge is 0.454 e. The van der Waals surface area contributed by atoms with Crippen LogP contribution in [0, 0.1) is 11.6 Å². The van der Waals surface area contributed by atoms with Crippen LogP contribution in [0.4, 0.5) is 28.0 Å². The number of hydrogen-bond donors (Lipinski definition) is 1. The molecule has 12 nitrogen and oxygen atoms in total. The molecule has 0 fully saturated rings. The number of rotatable bonds is 8. The van der Waals surface area contributed by atoms with Gasteiger partial charge in [0.2, 0.25) is 5.88 Å². The van der Waals surface area contributed by atoms with Crippen LogP contribution in [-0.4, -0.2) is 48.3 Å². The predicted molar refractivity (Wildman–Crippen MR) is 179 cm³/mol. The van der Waals surface area contributed by atoms with Gasteiger partial charge in [-0.25, -0.2) is 18.1 Å². The number of carbonyl (C=O) groups is 2. The summed E-state index contributed by atoms with van der Waals surface area (Å²) in [6.07, 6.45) is 4.57. The topological polar surface area (TPSA) is 132 Å². The average molecular weight is 717 g/mol. The van der Waals surface area contributed by atoms with Gasteiger partial charge in [0.05, 0.1) is 23.6 Å². The van der Waals surface area contributed by atoms with Crippen molar-refractivity contribution in [3.63, 3.8) is 0 Å². The summed E-state index contributed by atoms with van der Waals surface area (Å²) in [5.41, 5.74) is 0.469. The number of aromatic nitrogens is 5. The molecule has 1 N–H and O–H groups in total. The number of aryl methyl sites for hydroxylation is 2. The van der Waals surface area contributed by atoms with Crippen LogP contribution in [-0.2, 0) is 17.7 Å². The molecule has 1 aliphatic rings. The Bertz CT molecular complexity index is 2430. The third-order valence-corrected chi connectivity index (χ3v) is 8.01. The number of anilines is 1. The zero-order chi connectivity index (χ0) is 36.9. The Balaban J connectivity index is 1.18. The summed E-state index contributed by atoms with van der Waals surface area (Å²) in [5.74, 6) is -3.02. The van der Waals surface area contributed by atoms with E-state index in [9.17, 15) is 27.6 Å². The molecule has 4 heterocycles. The molecule has 1 amide bonds. The molecule has 7 rings (SSSR count). The van der Waals surface area contributed by atoms with E-state index in [-0.39, 0.29) is 22.9 Å². The molecule has 0 radical (unpaired) electrons. The number of alkyl halides is 2. The van der Waals surface area contributed by atoms with Crippen LogP contribution >= 0.6 is 0 Å². The number of amides is 1. The van der Waals surface area contributed by atoms with Gasteiger partial charge in [0.15, 0.2) is 11.6 Å². The van der Waals surface area contributed by atoms with E-state index in [2.05, 4.69) is 20.3 Å². The van der Waals surface area contributed by atoms with Gasteiger partial charge in [-0.3, -0.25) is 14.3 Å². The van der Waals surface area contributed by atoms with Gasteiger partial charge in [-0.1, -0.05) is 0 Å². The summed E-state index contributed by atoms with van der Waals surface area (Å²) in [7, 11) is 0. The molecule has 1 aliphatic heterocycles. The first-order chi connectivity index (χ1) is 24.8. The number of nitrogens with zero attached hydrogens (tertiary/aromatic N) is 5. The van der Waals surface area contributed by atoms with Crippen molar-refractivity contribution in [2.75, 3.05) is 5.32 Å². The van der Waals surface area contributed by atoms with Crippen molar-refractivity contribution in [3.05, 3.63) is 112 Å². The first-order valence-electron chi connectivity index (χ1n) is 15.8. The Kier molecular flexibility index (Phi) is 8.52. The van der Waals surface area contributed by atoms with Gasteiger partial charge in [0, 0.05) is 47.1 Å². The molecule has 3 aromatic carbocycles. The lowest BCUT2D eigenvalue weighted by molar-refractivity contribution is -0.0544. The second-order valence-corrected chi connectivity index (χ2v) is 12.7. The lowest BCUT2D eigenvalue weighted by Gasteiger charge is -2.18. The van der Waals surface area contributed by atoms with Crippen LogP contribution in [0.3, 0.4) is 0 Å². The van der Waals surface area contributed by atoms with Crippen LogP contribution in [0.1, 0.15) is 36.7 Å². The Morgan fingerprint density at radius 3 is 2.42 bits per heavy atom. The number of ether oxygens (including phenoxy) is 3. The average Bonchev–Trinajstić information content (AvgIpc) is 3.82. The van der Waals surface area contributed by atoms with Crippen molar-refractivity contribution in [2.24, 2.45) is 0 Å². The van der Waals surface area contributed by atoms with Crippen molar-refractivity contribution < 1.29 is 41.4 Å². The van der Waals surface area contributed by atoms with E-state index in [4.69, 9.17) is 9.47 Å². The highest BCUT2D eigenvalue weighted by molar-refractivity contribution is 6.04. The normalized spacial score (nSPS) is 12.4. The van der Waals surface area contributed by atoms with Crippen LogP contribution in [0.5, 0.6) is 17.4 Å². The van der Waals surface area contributed by atoms with Crippen molar-refractivity contribution in [1.29, 1.82) is 0 Å². The fourth-order valence-electron chi connectivity index (χ4n) is 5.89. The zero-order valence-corrected chi connectivity index (χ0v) is 27.7. The summed E-state index contributed by atoms with van der Waals surface area (Å²) < 4.78 is 75.0. The Morgan fingerprint density at radius 2 is 1.71 bits per heavy atom. The zero-order valence-electron chi connectivity index (χ0n) is 27.7. The van der Waals surface area contributed by atoms with Gasteiger partial charge in [-0.15, -0.1) is 0 Å². The smallest absolute Gasteiger partial charge is 0.435 e. The van der Waals surface area contributed by atoms with E-state index >= 15 is 4.39 Å². The number of benzene rings is 3. The first-order valence-corrected chi connectivity index (χ1v) is 15.8. The van der Waals surface area contributed by atoms with E-state index < -0.39 is 52.9 Å². The monoisotopic (exact) mass is 716 g/mol. The van der Waals surface area contributed by atoms with Crippen LogP contribution in [0.15, 0.2) is 84.0 Å². The van der Waals surface area contributed by atoms with E-state index in [1.165, 1.54) is 24.5 Å². The van der Waals surface area contributed by atoms with Crippen LogP contribution < -0.4 is 20.3 Å². The molecule has 0 atom stereocenters. The molecule has 6 aromatic rings. The minimum Gasteiger partial charge on any atom is -0.454 e. The second-order valence-electron chi connectivity index (χ2n) is 12.7. The lowest BCUT2D eigenvalue weighted by atomic mass is 9.97. The fourth-order valence-corrected chi connectivity index (χ4v) is 5.89. The minimum atomic E-state index is -3.29. The van der Waals surface area contributed by atoms with Crippen molar-refractivity contribution in [3.8, 4) is 34.2 Å². The maximum Gasteiger partial charge on any atom is 0.435 e. The molecule has 0 saturated heterocycles. The van der Waals surface area contributed by atoms with E-state index in [1.54, 1.807) is 33.0 Å². The molecule has 16 heteroatoms. The number of hydrogen-bond acceptors (Lipinski definition) is 8. The fraction of sp³-hybridized carbons (Fsp3) is 0.194. The SMILES string of the molecule is CC(C)(C)OC(=O)n1cc(-c2c(Oc3ccc(NC(=O)c4ccc(OC(F)F)n(-c5ccc(F)cc5)c4=O)cc3F)cc3cnn4c3c2CC4)cn1. The van der Waals surface area contributed by atoms with Gasteiger partial charge >= 0.3 is 12.7 Å². The highest BCUT2D eigenvalue weighted by atomic mass is 19.3. The Hall–Kier alpha value is -6.45. The first kappa shape index (κ1) is 34.0. The molecule has 52 heavy (non-hydrogen) atoms. The van der Waals surface area contributed by atoms with E-state index in [1.807, 2.05) is 4.68 Å². The Morgan fingerprint density at radius 1 is 0.942 bits per heavy atom. The predicted octanol–water partition coefficient (Wildman–Crippen LogP) is 7.31. The molecule has 0 aliphatic carbocycles. The molecular formula is C36H28F4N6O6.